The lowest BCUT2D eigenvalue weighted by Crippen LogP contribution is -2.55. The van der Waals surface area contributed by atoms with Gasteiger partial charge in [-0.15, -0.1) is 12.4 Å². The van der Waals surface area contributed by atoms with Crippen molar-refractivity contribution in [1.82, 2.24) is 10.2 Å². The molecule has 31 heavy (non-hydrogen) atoms. The first kappa shape index (κ1) is 22.9. The van der Waals surface area contributed by atoms with Crippen molar-refractivity contribution in [3.05, 3.63) is 35.4 Å². The van der Waals surface area contributed by atoms with Gasteiger partial charge in [0.05, 0.1) is 5.56 Å². The summed E-state index contributed by atoms with van der Waals surface area (Å²) in [5.74, 6) is 2.50. The smallest absolute Gasteiger partial charge is 0.352 e. The molecule has 1 unspecified atom stereocenters. The quantitative estimate of drug-likeness (QED) is 0.670. The molecule has 7 heteroatoms. The Balaban J connectivity index is 0.00000231. The molecule has 0 spiro atoms. The Bertz CT molecular complexity index is 777. The van der Waals surface area contributed by atoms with Crippen molar-refractivity contribution >= 4 is 18.3 Å². The highest BCUT2D eigenvalue weighted by molar-refractivity contribution is 5.85. The van der Waals surface area contributed by atoms with Gasteiger partial charge in [0.25, 0.3) is 0 Å². The van der Waals surface area contributed by atoms with E-state index in [2.05, 4.69) is 10.2 Å². The van der Waals surface area contributed by atoms with E-state index in [1.165, 1.54) is 25.3 Å². The highest BCUT2D eigenvalue weighted by atomic mass is 35.5. The van der Waals surface area contributed by atoms with Crippen LogP contribution in [0.15, 0.2) is 24.3 Å². The lowest BCUT2D eigenvalue weighted by Gasteiger charge is -2.55. The third-order valence-corrected chi connectivity index (χ3v) is 8.15. The van der Waals surface area contributed by atoms with Gasteiger partial charge in [0, 0.05) is 31.1 Å². The minimum Gasteiger partial charge on any atom is -0.352 e. The predicted molar refractivity (Wildman–Crippen MR) is 116 cm³/mol. The molecule has 172 valence electrons. The molecule has 1 aromatic carbocycles. The number of carbonyl (C=O) groups excluding carboxylic acids is 1. The number of amides is 1. The van der Waals surface area contributed by atoms with Crippen LogP contribution in [0.25, 0.3) is 0 Å². The van der Waals surface area contributed by atoms with Gasteiger partial charge in [-0.25, -0.2) is 0 Å². The van der Waals surface area contributed by atoms with Crippen LogP contribution in [-0.2, 0) is 17.4 Å². The highest BCUT2D eigenvalue weighted by Gasteiger charge is 2.54. The second kappa shape index (κ2) is 8.58. The van der Waals surface area contributed by atoms with Crippen molar-refractivity contribution in [2.75, 3.05) is 19.6 Å². The second-order valence-electron chi connectivity index (χ2n) is 10.4. The molecule has 3 nitrogen and oxygen atoms in total. The second-order valence-corrected chi connectivity index (χ2v) is 10.4. The van der Waals surface area contributed by atoms with Crippen molar-refractivity contribution in [3.63, 3.8) is 0 Å². The summed E-state index contributed by atoms with van der Waals surface area (Å²) in [6.45, 7) is 2.17. The Labute approximate surface area is 188 Å². The normalized spacial score (nSPS) is 34.5. The van der Waals surface area contributed by atoms with Crippen molar-refractivity contribution in [2.24, 2.45) is 23.2 Å². The largest absolute Gasteiger partial charge is 0.416 e. The number of nitrogens with one attached hydrogen (secondary N) is 1. The van der Waals surface area contributed by atoms with Gasteiger partial charge in [0.15, 0.2) is 0 Å². The Hall–Kier alpha value is -1.27. The van der Waals surface area contributed by atoms with Crippen molar-refractivity contribution in [1.29, 1.82) is 0 Å². The van der Waals surface area contributed by atoms with Crippen LogP contribution in [0.1, 0.15) is 56.1 Å². The van der Waals surface area contributed by atoms with E-state index in [1.54, 1.807) is 12.1 Å². The maximum atomic E-state index is 13.2. The first-order valence-corrected chi connectivity index (χ1v) is 11.5. The van der Waals surface area contributed by atoms with E-state index < -0.39 is 11.7 Å². The predicted octanol–water partition coefficient (Wildman–Crippen LogP) is 5.08. The lowest BCUT2D eigenvalue weighted by molar-refractivity contribution is -0.147. The molecule has 5 aliphatic rings. The molecule has 1 N–H and O–H groups in total. The first-order chi connectivity index (χ1) is 14.3. The van der Waals surface area contributed by atoms with Crippen LogP contribution in [0.5, 0.6) is 0 Å². The van der Waals surface area contributed by atoms with E-state index >= 15 is 0 Å². The monoisotopic (exact) mass is 456 g/mol. The molecule has 4 saturated carbocycles. The average molecular weight is 457 g/mol. The van der Waals surface area contributed by atoms with Crippen molar-refractivity contribution in [2.45, 2.75) is 63.6 Å². The lowest BCUT2D eigenvalue weighted by atomic mass is 9.49. The van der Waals surface area contributed by atoms with E-state index in [9.17, 15) is 18.0 Å². The van der Waals surface area contributed by atoms with Crippen LogP contribution in [0.2, 0.25) is 0 Å². The Morgan fingerprint density at radius 2 is 1.68 bits per heavy atom. The summed E-state index contributed by atoms with van der Waals surface area (Å²) >= 11 is 0. The number of nitrogens with zero attached hydrogens (tertiary/aromatic N) is 1. The van der Waals surface area contributed by atoms with Gasteiger partial charge in [-0.1, -0.05) is 18.2 Å². The summed E-state index contributed by atoms with van der Waals surface area (Å²) in [4.78, 5) is 15.4. The van der Waals surface area contributed by atoms with E-state index in [1.807, 2.05) is 0 Å². The first-order valence-electron chi connectivity index (χ1n) is 11.5. The van der Waals surface area contributed by atoms with Crippen LogP contribution in [0, 0.1) is 23.2 Å². The summed E-state index contributed by atoms with van der Waals surface area (Å²) in [5, 5.41) is 3.34. The van der Waals surface area contributed by atoms with Crippen LogP contribution in [-0.4, -0.2) is 36.5 Å². The fourth-order valence-electron chi connectivity index (χ4n) is 7.17. The molecule has 1 aromatic rings. The molecular weight excluding hydrogens is 425 g/mol. The van der Waals surface area contributed by atoms with Gasteiger partial charge in [-0.3, -0.25) is 4.79 Å². The number of alkyl halides is 3. The van der Waals surface area contributed by atoms with Crippen molar-refractivity contribution in [3.8, 4) is 0 Å². The molecule has 4 bridgehead atoms. The minimum atomic E-state index is -4.31. The van der Waals surface area contributed by atoms with Crippen LogP contribution >= 0.6 is 12.4 Å². The Morgan fingerprint density at radius 1 is 1.06 bits per heavy atom. The molecule has 5 fully saturated rings. The molecule has 6 rings (SSSR count). The number of hydrogen-bond acceptors (Lipinski definition) is 2. The van der Waals surface area contributed by atoms with Crippen LogP contribution in [0.3, 0.4) is 0 Å². The summed E-state index contributed by atoms with van der Waals surface area (Å²) in [6, 6.07) is 5.98. The number of carbonyl (C=O) groups is 1. The standard InChI is InChI=1S/C24H31F3N2O.ClH/c25-24(26,27)21-4-2-1-3-19(21)5-7-29-8-6-20(15-29)28-22(30)23-12-16-9-17(13-23)11-18(10-16)14-23;/h1-4,16-18,20H,5-15H2,(H,28,30);1H. The molecular formula is C24H32ClF3N2O. The van der Waals surface area contributed by atoms with Gasteiger partial charge in [0.2, 0.25) is 5.91 Å². The van der Waals surface area contributed by atoms with Crippen LogP contribution in [0.4, 0.5) is 13.2 Å². The molecule has 1 amide bonds. The number of hydrogen-bond donors (Lipinski definition) is 1. The fraction of sp³-hybridized carbons (Fsp3) is 0.708. The van der Waals surface area contributed by atoms with Gasteiger partial charge in [0.1, 0.15) is 0 Å². The Kier molecular flexibility index (Phi) is 6.34. The third kappa shape index (κ3) is 4.61. The third-order valence-electron chi connectivity index (χ3n) is 8.15. The Morgan fingerprint density at radius 3 is 2.29 bits per heavy atom. The van der Waals surface area contributed by atoms with Gasteiger partial charge in [-0.05, 0) is 80.8 Å². The molecule has 1 atom stereocenters. The zero-order chi connectivity index (χ0) is 20.9. The van der Waals surface area contributed by atoms with Crippen LogP contribution < -0.4 is 5.32 Å². The number of halogens is 4. The topological polar surface area (TPSA) is 32.3 Å². The summed E-state index contributed by atoms with van der Waals surface area (Å²) in [7, 11) is 0. The fourth-order valence-corrected chi connectivity index (χ4v) is 7.17. The van der Waals surface area contributed by atoms with E-state index in [4.69, 9.17) is 0 Å². The zero-order valence-corrected chi connectivity index (χ0v) is 18.6. The summed E-state index contributed by atoms with van der Waals surface area (Å²) in [6.07, 6.45) is 4.12. The molecule has 1 saturated heterocycles. The maximum absolute atomic E-state index is 13.2. The van der Waals surface area contributed by atoms with Gasteiger partial charge in [-0.2, -0.15) is 13.2 Å². The van der Waals surface area contributed by atoms with E-state index in [0.717, 1.165) is 62.6 Å². The highest BCUT2D eigenvalue weighted by Crippen LogP contribution is 2.60. The number of rotatable bonds is 5. The number of likely N-dealkylation sites (tertiary alicyclic amines) is 1. The molecule has 4 aliphatic carbocycles. The van der Waals surface area contributed by atoms with Gasteiger partial charge < -0.3 is 10.2 Å². The average Bonchev–Trinajstić information content (AvgIpc) is 3.12. The minimum absolute atomic E-state index is 0. The van der Waals surface area contributed by atoms with E-state index in [-0.39, 0.29) is 29.8 Å². The zero-order valence-electron chi connectivity index (χ0n) is 17.8. The molecule has 0 aromatic heterocycles. The maximum Gasteiger partial charge on any atom is 0.416 e. The van der Waals surface area contributed by atoms with Gasteiger partial charge >= 0.3 is 6.18 Å². The summed E-state index contributed by atoms with van der Waals surface area (Å²) < 4.78 is 39.6. The molecule has 1 aliphatic heterocycles. The summed E-state index contributed by atoms with van der Waals surface area (Å²) in [5.41, 5.74) is -0.310. The van der Waals surface area contributed by atoms with E-state index in [0.29, 0.717) is 18.5 Å². The molecule has 0 radical (unpaired) electrons. The van der Waals surface area contributed by atoms with Crippen molar-refractivity contribution < 1.29 is 18.0 Å². The number of benzene rings is 1. The molecule has 1 heterocycles. The SMILES string of the molecule is Cl.O=C(NC1CCN(CCc2ccccc2C(F)(F)F)C1)C12CC3CC(CC(C3)C1)C2.